The molecule has 16 heavy (non-hydrogen) atoms. The number of hydrogen-bond donors (Lipinski definition) is 2. The van der Waals surface area contributed by atoms with Crippen molar-refractivity contribution in [3.63, 3.8) is 0 Å². The summed E-state index contributed by atoms with van der Waals surface area (Å²) in [6.45, 7) is 5.14. The minimum atomic E-state index is -0.292. The zero-order chi connectivity index (χ0) is 12.0. The molecule has 1 rings (SSSR count). The molecular weight excluding hydrogens is 200 g/mol. The molecule has 1 aromatic carbocycles. The maximum atomic E-state index is 9.16. The fourth-order valence-electron chi connectivity index (χ4n) is 1.42. The van der Waals surface area contributed by atoms with Crippen LogP contribution in [0.15, 0.2) is 24.3 Å². The number of nitriles is 1. The molecule has 0 aliphatic rings. The van der Waals surface area contributed by atoms with Crippen LogP contribution in [0.3, 0.4) is 0 Å². The van der Waals surface area contributed by atoms with E-state index in [9.17, 15) is 0 Å². The number of hydrogen-bond acceptors (Lipinski definition) is 3. The van der Waals surface area contributed by atoms with Gasteiger partial charge in [0.15, 0.2) is 0 Å². The fraction of sp³-hybridized carbons (Fsp3) is 0.462. The van der Waals surface area contributed by atoms with Crippen LogP contribution in [0.1, 0.15) is 31.9 Å². The molecule has 1 atom stereocenters. The van der Waals surface area contributed by atoms with Crippen LogP contribution in [0.2, 0.25) is 0 Å². The Bertz CT molecular complexity index is 351. The number of rotatable bonds is 5. The maximum Gasteiger partial charge on any atom is 0.121 e. The molecule has 1 unspecified atom stereocenters. The van der Waals surface area contributed by atoms with E-state index in [0.29, 0.717) is 5.92 Å². The Balaban J connectivity index is 2.55. The predicted molar refractivity (Wildman–Crippen MR) is 63.9 cm³/mol. The van der Waals surface area contributed by atoms with Crippen LogP contribution < -0.4 is 5.32 Å². The van der Waals surface area contributed by atoms with Crippen molar-refractivity contribution in [3.05, 3.63) is 29.8 Å². The standard InChI is InChI=1S/C13H18N2O/c1-10(2)7-8-15-13(9-14)11-3-5-12(16)6-4-11/h3-6,10,13,15-16H,7-8H2,1-2H3. The summed E-state index contributed by atoms with van der Waals surface area (Å²) in [5.41, 5.74) is 0.893. The van der Waals surface area contributed by atoms with Crippen LogP contribution in [0.5, 0.6) is 5.75 Å². The third-order valence-corrected chi connectivity index (χ3v) is 2.43. The van der Waals surface area contributed by atoms with Gasteiger partial charge in [-0.2, -0.15) is 5.26 Å². The lowest BCUT2D eigenvalue weighted by molar-refractivity contribution is 0.474. The van der Waals surface area contributed by atoms with Gasteiger partial charge in [-0.25, -0.2) is 0 Å². The van der Waals surface area contributed by atoms with Crippen molar-refractivity contribution in [1.29, 1.82) is 5.26 Å². The molecule has 0 radical (unpaired) electrons. The number of aromatic hydroxyl groups is 1. The van der Waals surface area contributed by atoms with Gasteiger partial charge in [-0.1, -0.05) is 26.0 Å². The SMILES string of the molecule is CC(C)CCNC(C#N)c1ccc(O)cc1. The van der Waals surface area contributed by atoms with Crippen LogP contribution in [-0.2, 0) is 0 Å². The average Bonchev–Trinajstić information content (AvgIpc) is 2.26. The summed E-state index contributed by atoms with van der Waals surface area (Å²) >= 11 is 0. The molecule has 1 aromatic rings. The summed E-state index contributed by atoms with van der Waals surface area (Å²) in [4.78, 5) is 0. The smallest absolute Gasteiger partial charge is 0.121 e. The van der Waals surface area contributed by atoms with Gasteiger partial charge >= 0.3 is 0 Å². The Morgan fingerprint density at radius 2 is 1.94 bits per heavy atom. The van der Waals surface area contributed by atoms with Gasteiger partial charge in [0.25, 0.3) is 0 Å². The number of nitrogens with zero attached hydrogens (tertiary/aromatic N) is 1. The van der Waals surface area contributed by atoms with E-state index in [1.165, 1.54) is 0 Å². The first-order valence-corrected chi connectivity index (χ1v) is 5.55. The average molecular weight is 218 g/mol. The molecule has 0 amide bonds. The predicted octanol–water partition coefficient (Wildman–Crippen LogP) is 2.59. The van der Waals surface area contributed by atoms with Gasteiger partial charge in [0.2, 0.25) is 0 Å². The van der Waals surface area contributed by atoms with Crippen molar-refractivity contribution < 1.29 is 5.11 Å². The fourth-order valence-corrected chi connectivity index (χ4v) is 1.42. The largest absolute Gasteiger partial charge is 0.508 e. The molecule has 0 saturated carbocycles. The van der Waals surface area contributed by atoms with E-state index in [-0.39, 0.29) is 11.8 Å². The lowest BCUT2D eigenvalue weighted by Crippen LogP contribution is -2.22. The summed E-state index contributed by atoms with van der Waals surface area (Å²) in [5, 5.41) is 21.4. The minimum absolute atomic E-state index is 0.225. The summed E-state index contributed by atoms with van der Waals surface area (Å²) in [7, 11) is 0. The van der Waals surface area contributed by atoms with Crippen molar-refractivity contribution in [2.45, 2.75) is 26.3 Å². The van der Waals surface area contributed by atoms with E-state index in [1.54, 1.807) is 24.3 Å². The molecule has 0 aliphatic heterocycles. The Morgan fingerprint density at radius 1 is 1.31 bits per heavy atom. The van der Waals surface area contributed by atoms with Gasteiger partial charge in [0.1, 0.15) is 11.8 Å². The quantitative estimate of drug-likeness (QED) is 0.798. The normalized spacial score (nSPS) is 12.4. The first-order chi connectivity index (χ1) is 7.63. The number of benzene rings is 1. The van der Waals surface area contributed by atoms with Crippen LogP contribution in [0.25, 0.3) is 0 Å². The van der Waals surface area contributed by atoms with Crippen LogP contribution in [-0.4, -0.2) is 11.7 Å². The van der Waals surface area contributed by atoms with Crippen LogP contribution >= 0.6 is 0 Å². The van der Waals surface area contributed by atoms with Crippen molar-refractivity contribution in [3.8, 4) is 11.8 Å². The summed E-state index contributed by atoms with van der Waals surface area (Å²) in [5.74, 6) is 0.856. The third-order valence-electron chi connectivity index (χ3n) is 2.43. The van der Waals surface area contributed by atoms with Gasteiger partial charge in [-0.05, 0) is 36.6 Å². The summed E-state index contributed by atoms with van der Waals surface area (Å²) in [6, 6.07) is 8.67. The Labute approximate surface area is 96.7 Å². The molecular formula is C13H18N2O. The minimum Gasteiger partial charge on any atom is -0.508 e. The highest BCUT2D eigenvalue weighted by molar-refractivity contribution is 5.30. The van der Waals surface area contributed by atoms with Crippen LogP contribution in [0, 0.1) is 17.2 Å². The van der Waals surface area contributed by atoms with E-state index in [2.05, 4.69) is 25.2 Å². The molecule has 0 bridgehead atoms. The van der Waals surface area contributed by atoms with E-state index >= 15 is 0 Å². The number of phenolic OH excluding ortho intramolecular Hbond substituents is 1. The molecule has 86 valence electrons. The second-order valence-corrected chi connectivity index (χ2v) is 4.29. The zero-order valence-electron chi connectivity index (χ0n) is 9.77. The first-order valence-electron chi connectivity index (χ1n) is 5.55. The van der Waals surface area contributed by atoms with Gasteiger partial charge in [0.05, 0.1) is 6.07 Å². The van der Waals surface area contributed by atoms with Crippen LogP contribution in [0.4, 0.5) is 0 Å². The van der Waals surface area contributed by atoms with Crippen molar-refractivity contribution in [2.24, 2.45) is 5.92 Å². The lowest BCUT2D eigenvalue weighted by atomic mass is 10.1. The molecule has 0 aliphatic carbocycles. The second kappa shape index (κ2) is 6.14. The molecule has 0 heterocycles. The monoisotopic (exact) mass is 218 g/mol. The van der Waals surface area contributed by atoms with E-state index in [4.69, 9.17) is 10.4 Å². The highest BCUT2D eigenvalue weighted by Crippen LogP contribution is 2.16. The Morgan fingerprint density at radius 3 is 2.44 bits per heavy atom. The first kappa shape index (κ1) is 12.5. The van der Waals surface area contributed by atoms with E-state index < -0.39 is 0 Å². The van der Waals surface area contributed by atoms with Gasteiger partial charge in [-0.15, -0.1) is 0 Å². The van der Waals surface area contributed by atoms with Crippen molar-refractivity contribution in [2.75, 3.05) is 6.54 Å². The van der Waals surface area contributed by atoms with E-state index in [1.807, 2.05) is 0 Å². The summed E-state index contributed by atoms with van der Waals surface area (Å²) < 4.78 is 0. The van der Waals surface area contributed by atoms with E-state index in [0.717, 1.165) is 18.5 Å². The lowest BCUT2D eigenvalue weighted by Gasteiger charge is -2.12. The molecule has 0 spiro atoms. The van der Waals surface area contributed by atoms with Gasteiger partial charge in [0, 0.05) is 0 Å². The van der Waals surface area contributed by atoms with Gasteiger partial charge in [-0.3, -0.25) is 5.32 Å². The number of nitrogens with one attached hydrogen (secondary N) is 1. The highest BCUT2D eigenvalue weighted by atomic mass is 16.3. The molecule has 0 fully saturated rings. The maximum absolute atomic E-state index is 9.16. The second-order valence-electron chi connectivity index (χ2n) is 4.29. The molecule has 0 aromatic heterocycles. The molecule has 3 heteroatoms. The molecule has 2 N–H and O–H groups in total. The topological polar surface area (TPSA) is 56.0 Å². The summed E-state index contributed by atoms with van der Waals surface area (Å²) in [6.07, 6.45) is 1.05. The molecule has 3 nitrogen and oxygen atoms in total. The van der Waals surface area contributed by atoms with Crippen molar-refractivity contribution in [1.82, 2.24) is 5.32 Å². The number of phenols is 1. The third kappa shape index (κ3) is 3.92. The highest BCUT2D eigenvalue weighted by Gasteiger charge is 2.09. The van der Waals surface area contributed by atoms with Gasteiger partial charge < -0.3 is 5.11 Å². The van der Waals surface area contributed by atoms with Crippen molar-refractivity contribution >= 4 is 0 Å². The molecule has 0 saturated heterocycles. The zero-order valence-corrected chi connectivity index (χ0v) is 9.77. The Kier molecular flexibility index (Phi) is 4.81. The Hall–Kier alpha value is -1.53.